The van der Waals surface area contributed by atoms with Crippen LogP contribution in [-0.2, 0) is 17.8 Å². The lowest BCUT2D eigenvalue weighted by Gasteiger charge is -2.32. The van der Waals surface area contributed by atoms with Crippen molar-refractivity contribution in [3.8, 4) is 0 Å². The minimum Gasteiger partial charge on any atom is -0.478 e. The Morgan fingerprint density at radius 3 is 1.21 bits per heavy atom. The molecule has 4 nitrogen and oxygen atoms in total. The Morgan fingerprint density at radius 1 is 0.655 bits per heavy atom. The van der Waals surface area contributed by atoms with E-state index in [0.29, 0.717) is 36.4 Å². The van der Waals surface area contributed by atoms with E-state index in [2.05, 4.69) is 0 Å². The van der Waals surface area contributed by atoms with E-state index in [1.165, 1.54) is 0 Å². The highest BCUT2D eigenvalue weighted by atomic mass is 19.4. The van der Waals surface area contributed by atoms with Crippen LogP contribution in [0.4, 0.5) is 26.3 Å². The fourth-order valence-electron chi connectivity index (χ4n) is 3.03. The molecule has 0 atom stereocenters. The van der Waals surface area contributed by atoms with Crippen LogP contribution in [0.2, 0.25) is 0 Å². The monoisotopic (exact) mass is 420 g/mol. The second kappa shape index (κ2) is 7.09. The second-order valence-corrected chi connectivity index (χ2v) is 6.75. The number of hydrogen-bond donors (Lipinski definition) is 2. The number of halogens is 6. The Labute approximate surface area is 160 Å². The summed E-state index contributed by atoms with van der Waals surface area (Å²) in [6.07, 6.45) is -9.96. The molecule has 2 aromatic carbocycles. The van der Waals surface area contributed by atoms with Crippen molar-refractivity contribution >= 4 is 11.9 Å². The molecule has 0 bridgehead atoms. The Bertz CT molecular complexity index is 896. The largest absolute Gasteiger partial charge is 0.478 e. The summed E-state index contributed by atoms with van der Waals surface area (Å²) in [5, 5.41) is 18.2. The first kappa shape index (κ1) is 22.3. The molecule has 0 saturated carbocycles. The average Bonchev–Trinajstić information content (AvgIpc) is 2.59. The molecule has 0 fully saturated rings. The smallest absolute Gasteiger partial charge is 0.416 e. The quantitative estimate of drug-likeness (QED) is 0.646. The van der Waals surface area contributed by atoms with Gasteiger partial charge in [-0.2, -0.15) is 26.3 Å². The number of carboxylic acid groups (broad SMARTS) is 2. The molecule has 0 aliphatic carbocycles. The van der Waals surface area contributed by atoms with Gasteiger partial charge in [-0.05, 0) is 47.5 Å². The van der Waals surface area contributed by atoms with E-state index in [9.17, 15) is 35.9 Å². The van der Waals surface area contributed by atoms with Crippen molar-refractivity contribution in [3.63, 3.8) is 0 Å². The van der Waals surface area contributed by atoms with Gasteiger partial charge in [0.25, 0.3) is 0 Å². The van der Waals surface area contributed by atoms with E-state index >= 15 is 0 Å². The maximum atomic E-state index is 13.5. The van der Waals surface area contributed by atoms with E-state index < -0.39 is 63.1 Å². The van der Waals surface area contributed by atoms with Crippen LogP contribution in [0.5, 0.6) is 0 Å². The summed E-state index contributed by atoms with van der Waals surface area (Å²) in [4.78, 5) is 22.4. The van der Waals surface area contributed by atoms with Gasteiger partial charge in [0.2, 0.25) is 0 Å². The number of aromatic carboxylic acids is 2. The van der Waals surface area contributed by atoms with Crippen molar-refractivity contribution in [2.24, 2.45) is 0 Å². The number of hydrogen-bond acceptors (Lipinski definition) is 2. The highest BCUT2D eigenvalue weighted by Crippen LogP contribution is 2.45. The molecule has 0 aliphatic heterocycles. The molecule has 2 aromatic rings. The van der Waals surface area contributed by atoms with E-state index in [1.807, 2.05) is 0 Å². The molecule has 0 aromatic heterocycles. The Hall–Kier alpha value is -3.04. The van der Waals surface area contributed by atoms with Crippen LogP contribution in [0.1, 0.15) is 56.8 Å². The van der Waals surface area contributed by atoms with Gasteiger partial charge in [-0.3, -0.25) is 0 Å². The summed E-state index contributed by atoms with van der Waals surface area (Å²) in [7, 11) is 0. The summed E-state index contributed by atoms with van der Waals surface area (Å²) in [5.41, 5.74) is -7.22. The Balaban J connectivity index is 2.91. The summed E-state index contributed by atoms with van der Waals surface area (Å²) in [6.45, 7) is 2.08. The summed E-state index contributed by atoms with van der Waals surface area (Å²) >= 11 is 0. The van der Waals surface area contributed by atoms with Crippen molar-refractivity contribution in [2.75, 3.05) is 0 Å². The lowest BCUT2D eigenvalue weighted by atomic mass is 9.73. The molecule has 0 unspecified atom stereocenters. The number of alkyl halides is 6. The maximum Gasteiger partial charge on any atom is 0.416 e. The maximum absolute atomic E-state index is 13.5. The lowest BCUT2D eigenvalue weighted by molar-refractivity contribution is -0.139. The molecule has 2 rings (SSSR count). The minimum atomic E-state index is -4.98. The lowest BCUT2D eigenvalue weighted by Crippen LogP contribution is -2.28. The molecule has 0 spiro atoms. The van der Waals surface area contributed by atoms with Crippen LogP contribution in [0.25, 0.3) is 0 Å². The van der Waals surface area contributed by atoms with Crippen molar-refractivity contribution in [3.05, 3.63) is 69.8 Å². The van der Waals surface area contributed by atoms with Crippen LogP contribution in [0.3, 0.4) is 0 Å². The van der Waals surface area contributed by atoms with Gasteiger partial charge in [0.15, 0.2) is 0 Å². The van der Waals surface area contributed by atoms with Crippen molar-refractivity contribution < 1.29 is 46.1 Å². The number of rotatable bonds is 4. The fraction of sp³-hybridized carbons (Fsp3) is 0.263. The summed E-state index contributed by atoms with van der Waals surface area (Å²) < 4.78 is 81.0. The van der Waals surface area contributed by atoms with E-state index in [1.54, 1.807) is 0 Å². The zero-order valence-corrected chi connectivity index (χ0v) is 14.9. The van der Waals surface area contributed by atoms with Crippen LogP contribution in [-0.4, -0.2) is 22.2 Å². The van der Waals surface area contributed by atoms with E-state index in [4.69, 9.17) is 10.2 Å². The summed E-state index contributed by atoms with van der Waals surface area (Å²) in [5.74, 6) is -3.13. The molecular weight excluding hydrogens is 406 g/mol. The third-order valence-corrected chi connectivity index (χ3v) is 4.49. The molecule has 10 heteroatoms. The molecule has 0 saturated heterocycles. The average molecular weight is 420 g/mol. The van der Waals surface area contributed by atoms with E-state index in [-0.39, 0.29) is 0 Å². The van der Waals surface area contributed by atoms with Crippen molar-refractivity contribution in [2.45, 2.75) is 31.6 Å². The standard InChI is InChI=1S/C19H14F6O4/c1-17(2,13-7-9(15(26)27)3-5-11(13)18(20,21)22)14-8-10(16(28)29)4-6-12(14)19(23,24)25/h3-8H,1-2H3,(H,26,27)(H,28,29). The van der Waals surface area contributed by atoms with Crippen LogP contribution in [0, 0.1) is 0 Å². The topological polar surface area (TPSA) is 74.6 Å². The van der Waals surface area contributed by atoms with Gasteiger partial charge in [-0.25, -0.2) is 9.59 Å². The van der Waals surface area contributed by atoms with Gasteiger partial charge in [-0.1, -0.05) is 13.8 Å². The number of carboxylic acids is 2. The van der Waals surface area contributed by atoms with Gasteiger partial charge in [0.1, 0.15) is 0 Å². The zero-order chi connectivity index (χ0) is 22.4. The van der Waals surface area contributed by atoms with Gasteiger partial charge in [0.05, 0.1) is 22.3 Å². The second-order valence-electron chi connectivity index (χ2n) is 6.75. The van der Waals surface area contributed by atoms with E-state index in [0.717, 1.165) is 13.8 Å². The highest BCUT2D eigenvalue weighted by Gasteiger charge is 2.43. The SMILES string of the molecule is CC(C)(c1cc(C(=O)O)ccc1C(F)(F)F)c1cc(C(=O)O)ccc1C(F)(F)F. The van der Waals surface area contributed by atoms with Gasteiger partial charge < -0.3 is 10.2 Å². The molecule has 0 radical (unpaired) electrons. The van der Waals surface area contributed by atoms with Crippen molar-refractivity contribution in [1.29, 1.82) is 0 Å². The Kier molecular flexibility index (Phi) is 5.44. The highest BCUT2D eigenvalue weighted by molar-refractivity contribution is 5.89. The number of benzene rings is 2. The van der Waals surface area contributed by atoms with Gasteiger partial charge in [0, 0.05) is 5.41 Å². The normalized spacial score (nSPS) is 12.7. The minimum absolute atomic E-state index is 0.481. The molecule has 0 heterocycles. The van der Waals surface area contributed by atoms with Gasteiger partial charge >= 0.3 is 24.3 Å². The molecule has 0 aliphatic rings. The van der Waals surface area contributed by atoms with Crippen molar-refractivity contribution in [1.82, 2.24) is 0 Å². The first-order valence-corrected chi connectivity index (χ1v) is 7.97. The molecular formula is C19H14F6O4. The fourth-order valence-corrected chi connectivity index (χ4v) is 3.03. The third-order valence-electron chi connectivity index (χ3n) is 4.49. The Morgan fingerprint density at radius 2 is 0.966 bits per heavy atom. The predicted octanol–water partition coefficient (Wildman–Crippen LogP) is 5.45. The van der Waals surface area contributed by atoms with Crippen LogP contribution < -0.4 is 0 Å². The zero-order valence-electron chi connectivity index (χ0n) is 14.9. The first-order chi connectivity index (χ1) is 13.1. The molecule has 156 valence electrons. The van der Waals surface area contributed by atoms with Gasteiger partial charge in [-0.15, -0.1) is 0 Å². The third kappa shape index (κ3) is 4.36. The van der Waals surface area contributed by atoms with Crippen LogP contribution >= 0.6 is 0 Å². The predicted molar refractivity (Wildman–Crippen MR) is 88.9 cm³/mol. The number of carbonyl (C=O) groups is 2. The molecule has 29 heavy (non-hydrogen) atoms. The first-order valence-electron chi connectivity index (χ1n) is 7.97. The molecule has 0 amide bonds. The summed E-state index contributed by atoms with van der Waals surface area (Å²) in [6, 6.07) is 3.66. The van der Waals surface area contributed by atoms with Crippen LogP contribution in [0.15, 0.2) is 36.4 Å². The molecule has 2 N–H and O–H groups in total.